The van der Waals surface area contributed by atoms with Gasteiger partial charge in [0, 0.05) is 10.4 Å². The van der Waals surface area contributed by atoms with Gasteiger partial charge in [0.25, 0.3) is 5.56 Å². The van der Waals surface area contributed by atoms with Crippen molar-refractivity contribution >= 4 is 34.7 Å². The van der Waals surface area contributed by atoms with Gasteiger partial charge in [-0.15, -0.1) is 11.3 Å². The predicted molar refractivity (Wildman–Crippen MR) is 124 cm³/mol. The van der Waals surface area contributed by atoms with E-state index in [-0.39, 0.29) is 12.2 Å². The summed E-state index contributed by atoms with van der Waals surface area (Å²) in [6.45, 7) is 3.70. The third-order valence-electron chi connectivity index (χ3n) is 5.07. The number of thiophene rings is 1. The van der Waals surface area contributed by atoms with E-state index in [9.17, 15) is 9.59 Å². The number of hydrogen-bond donors (Lipinski definition) is 0. The standard InChI is InChI=1S/C23H22N2O5S2/c1-5-30-22(27)19-13(2)24-23-25(21(26)18(32-23)12-15-7-6-10-31-15)20(19)16-11-14(28-3)8-9-17(16)29-4/h6-12,20H,5H2,1-4H3/b18-12-/t20-/m1/s1. The van der Waals surface area contributed by atoms with Crippen molar-refractivity contribution in [1.82, 2.24) is 4.57 Å². The molecule has 1 aromatic carbocycles. The van der Waals surface area contributed by atoms with Gasteiger partial charge in [0.2, 0.25) is 0 Å². The average Bonchev–Trinajstić information content (AvgIpc) is 3.40. The lowest BCUT2D eigenvalue weighted by molar-refractivity contribution is -0.139. The summed E-state index contributed by atoms with van der Waals surface area (Å²) in [5.41, 5.74) is 1.19. The first-order valence-electron chi connectivity index (χ1n) is 9.93. The third-order valence-corrected chi connectivity index (χ3v) is 6.87. The molecule has 32 heavy (non-hydrogen) atoms. The van der Waals surface area contributed by atoms with E-state index >= 15 is 0 Å². The van der Waals surface area contributed by atoms with E-state index in [1.54, 1.807) is 62.2 Å². The molecule has 0 spiro atoms. The van der Waals surface area contributed by atoms with Gasteiger partial charge in [0.15, 0.2) is 4.80 Å². The Kier molecular flexibility index (Phi) is 6.29. The van der Waals surface area contributed by atoms with Gasteiger partial charge in [0.1, 0.15) is 17.5 Å². The largest absolute Gasteiger partial charge is 0.497 e. The van der Waals surface area contributed by atoms with Gasteiger partial charge in [-0.2, -0.15) is 0 Å². The molecule has 0 saturated heterocycles. The summed E-state index contributed by atoms with van der Waals surface area (Å²) in [6, 6.07) is 8.41. The fraction of sp³-hybridized carbons (Fsp3) is 0.261. The van der Waals surface area contributed by atoms with E-state index in [0.29, 0.717) is 37.7 Å². The lowest BCUT2D eigenvalue weighted by atomic mass is 9.95. The Morgan fingerprint density at radius 3 is 2.72 bits per heavy atom. The number of ether oxygens (including phenoxy) is 3. The second-order valence-electron chi connectivity index (χ2n) is 6.93. The van der Waals surface area contributed by atoms with E-state index in [0.717, 1.165) is 4.88 Å². The van der Waals surface area contributed by atoms with Crippen LogP contribution in [0.4, 0.5) is 0 Å². The molecule has 1 atom stereocenters. The molecule has 0 saturated carbocycles. The lowest BCUT2D eigenvalue weighted by Gasteiger charge is -2.26. The Morgan fingerprint density at radius 2 is 2.06 bits per heavy atom. The van der Waals surface area contributed by atoms with Crippen LogP contribution in [0.15, 0.2) is 56.8 Å². The van der Waals surface area contributed by atoms with E-state index in [2.05, 4.69) is 4.99 Å². The molecule has 1 aliphatic rings. The zero-order chi connectivity index (χ0) is 22.8. The number of fused-ring (bicyclic) bond motifs is 1. The number of thiazole rings is 1. The molecule has 0 unspecified atom stereocenters. The van der Waals surface area contributed by atoms with Crippen molar-refractivity contribution in [3.63, 3.8) is 0 Å². The maximum Gasteiger partial charge on any atom is 0.338 e. The summed E-state index contributed by atoms with van der Waals surface area (Å²) < 4.78 is 18.4. The third kappa shape index (κ3) is 3.89. The van der Waals surface area contributed by atoms with Crippen LogP contribution in [0.2, 0.25) is 0 Å². The summed E-state index contributed by atoms with van der Waals surface area (Å²) in [6.07, 6.45) is 1.84. The highest BCUT2D eigenvalue weighted by molar-refractivity contribution is 7.11. The highest BCUT2D eigenvalue weighted by Crippen LogP contribution is 2.37. The average molecular weight is 471 g/mol. The van der Waals surface area contributed by atoms with Gasteiger partial charge < -0.3 is 14.2 Å². The SMILES string of the molecule is CCOC(=O)C1=C(C)N=c2s/c(=C\c3cccs3)c(=O)n2[C@@H]1c1cc(OC)ccc1OC. The molecule has 0 bridgehead atoms. The predicted octanol–water partition coefficient (Wildman–Crippen LogP) is 2.88. The Hall–Kier alpha value is -3.17. The fourth-order valence-electron chi connectivity index (χ4n) is 3.64. The molecule has 0 radical (unpaired) electrons. The number of hydrogen-bond acceptors (Lipinski definition) is 8. The van der Waals surface area contributed by atoms with Gasteiger partial charge in [-0.05, 0) is 49.6 Å². The van der Waals surface area contributed by atoms with Crippen molar-refractivity contribution in [2.75, 3.05) is 20.8 Å². The van der Waals surface area contributed by atoms with Crippen LogP contribution in [-0.4, -0.2) is 31.4 Å². The van der Waals surface area contributed by atoms with E-state index in [1.807, 2.05) is 23.6 Å². The second kappa shape index (κ2) is 9.13. The fourth-order valence-corrected chi connectivity index (χ4v) is 5.41. The van der Waals surface area contributed by atoms with E-state index in [4.69, 9.17) is 14.2 Å². The first-order chi connectivity index (χ1) is 15.5. The van der Waals surface area contributed by atoms with Crippen LogP contribution < -0.4 is 24.4 Å². The van der Waals surface area contributed by atoms with Crippen molar-refractivity contribution in [2.24, 2.45) is 4.99 Å². The van der Waals surface area contributed by atoms with Crippen molar-refractivity contribution in [2.45, 2.75) is 19.9 Å². The number of rotatable bonds is 6. The number of carbonyl (C=O) groups excluding carboxylic acids is 1. The van der Waals surface area contributed by atoms with Crippen LogP contribution in [0.1, 0.15) is 30.3 Å². The topological polar surface area (TPSA) is 79.1 Å². The molecule has 9 heteroatoms. The summed E-state index contributed by atoms with van der Waals surface area (Å²) in [7, 11) is 3.11. The van der Waals surface area contributed by atoms with Crippen molar-refractivity contribution in [1.29, 1.82) is 0 Å². The number of benzene rings is 1. The highest BCUT2D eigenvalue weighted by Gasteiger charge is 2.35. The first kappa shape index (κ1) is 22.0. The normalized spacial score (nSPS) is 15.9. The molecular formula is C23H22N2O5S2. The monoisotopic (exact) mass is 470 g/mol. The molecule has 0 N–H and O–H groups in total. The maximum absolute atomic E-state index is 13.6. The van der Waals surface area contributed by atoms with Crippen LogP contribution >= 0.6 is 22.7 Å². The molecule has 166 valence electrons. The van der Waals surface area contributed by atoms with Gasteiger partial charge in [0.05, 0.1) is 36.6 Å². The quantitative estimate of drug-likeness (QED) is 0.518. The molecule has 0 amide bonds. The summed E-state index contributed by atoms with van der Waals surface area (Å²) in [5.74, 6) is 0.593. The minimum Gasteiger partial charge on any atom is -0.497 e. The molecule has 3 heterocycles. The van der Waals surface area contributed by atoms with Crippen LogP contribution in [0.25, 0.3) is 6.08 Å². The Bertz CT molecular complexity index is 1370. The molecule has 1 aliphatic heterocycles. The van der Waals surface area contributed by atoms with Crippen molar-refractivity contribution in [3.8, 4) is 11.5 Å². The summed E-state index contributed by atoms with van der Waals surface area (Å²) in [4.78, 5) is 32.6. The smallest absolute Gasteiger partial charge is 0.338 e. The zero-order valence-corrected chi connectivity index (χ0v) is 19.7. The summed E-state index contributed by atoms with van der Waals surface area (Å²) >= 11 is 2.83. The van der Waals surface area contributed by atoms with Crippen LogP contribution in [0.5, 0.6) is 11.5 Å². The number of nitrogens with zero attached hydrogens (tertiary/aromatic N) is 2. The van der Waals surface area contributed by atoms with Gasteiger partial charge in [-0.3, -0.25) is 9.36 Å². The summed E-state index contributed by atoms with van der Waals surface area (Å²) in [5, 5.41) is 1.95. The Morgan fingerprint density at radius 1 is 1.25 bits per heavy atom. The van der Waals surface area contributed by atoms with Crippen molar-refractivity contribution in [3.05, 3.63) is 77.1 Å². The van der Waals surface area contributed by atoms with E-state index < -0.39 is 12.0 Å². The van der Waals surface area contributed by atoms with Crippen molar-refractivity contribution < 1.29 is 19.0 Å². The molecule has 0 fully saturated rings. The minimum absolute atomic E-state index is 0.209. The second-order valence-corrected chi connectivity index (χ2v) is 8.91. The molecule has 0 aliphatic carbocycles. The van der Waals surface area contributed by atoms with Gasteiger partial charge in [-0.25, -0.2) is 9.79 Å². The number of esters is 1. The van der Waals surface area contributed by atoms with Crippen LogP contribution in [0, 0.1) is 0 Å². The van der Waals surface area contributed by atoms with Gasteiger partial charge in [-0.1, -0.05) is 17.4 Å². The first-order valence-corrected chi connectivity index (χ1v) is 11.6. The number of aromatic nitrogens is 1. The molecule has 3 aromatic rings. The maximum atomic E-state index is 13.6. The highest BCUT2D eigenvalue weighted by atomic mass is 32.1. The molecule has 4 rings (SSSR count). The Balaban J connectivity index is 2.03. The zero-order valence-electron chi connectivity index (χ0n) is 18.1. The number of methoxy groups -OCH3 is 2. The van der Waals surface area contributed by atoms with E-state index in [1.165, 1.54) is 11.3 Å². The lowest BCUT2D eigenvalue weighted by Crippen LogP contribution is -2.40. The van der Waals surface area contributed by atoms with Crippen LogP contribution in [-0.2, 0) is 9.53 Å². The number of allylic oxidation sites excluding steroid dienone is 1. The molecule has 2 aromatic heterocycles. The molecular weight excluding hydrogens is 448 g/mol. The Labute approximate surface area is 192 Å². The number of carbonyl (C=O) groups is 1. The molecule has 7 nitrogen and oxygen atoms in total. The van der Waals surface area contributed by atoms with Crippen LogP contribution in [0.3, 0.4) is 0 Å². The minimum atomic E-state index is -0.763. The van der Waals surface area contributed by atoms with Gasteiger partial charge >= 0.3 is 5.97 Å².